The molecule has 28 heavy (non-hydrogen) atoms. The summed E-state index contributed by atoms with van der Waals surface area (Å²) in [6.07, 6.45) is 2.02. The minimum atomic E-state index is -0.886. The van der Waals surface area contributed by atoms with Crippen LogP contribution in [0.15, 0.2) is 47.5 Å². The highest BCUT2D eigenvalue weighted by Gasteiger charge is 2.18. The lowest BCUT2D eigenvalue weighted by Gasteiger charge is -2.12. The highest BCUT2D eigenvalue weighted by Crippen LogP contribution is 2.20. The van der Waals surface area contributed by atoms with E-state index in [4.69, 9.17) is 16.3 Å². The predicted molar refractivity (Wildman–Crippen MR) is 103 cm³/mol. The van der Waals surface area contributed by atoms with Crippen LogP contribution in [0.25, 0.3) is 16.9 Å². The molecule has 1 aromatic carbocycles. The van der Waals surface area contributed by atoms with E-state index < -0.39 is 17.6 Å². The van der Waals surface area contributed by atoms with Crippen molar-refractivity contribution in [3.8, 4) is 16.9 Å². The molecule has 0 bridgehead atoms. The Balaban J connectivity index is 2.02. The highest BCUT2D eigenvalue weighted by atomic mass is 35.5. The molecule has 1 atom stereocenters. The van der Waals surface area contributed by atoms with Gasteiger partial charge in [0, 0.05) is 30.4 Å². The van der Waals surface area contributed by atoms with Gasteiger partial charge in [-0.15, -0.1) is 0 Å². The highest BCUT2D eigenvalue weighted by molar-refractivity contribution is 6.30. The molecule has 3 rings (SSSR count). The Kier molecular flexibility index (Phi) is 6.19. The molecule has 2 heterocycles. The fourth-order valence-corrected chi connectivity index (χ4v) is 2.64. The van der Waals surface area contributed by atoms with E-state index in [2.05, 4.69) is 20.6 Å². The first-order valence-electron chi connectivity index (χ1n) is 8.34. The number of methoxy groups -OCH3 is 1. The second-order valence-electron chi connectivity index (χ2n) is 5.94. The van der Waals surface area contributed by atoms with Crippen LogP contribution in [0.1, 0.15) is 10.4 Å². The summed E-state index contributed by atoms with van der Waals surface area (Å²) in [5.74, 6) is -0.630. The number of amides is 1. The summed E-state index contributed by atoms with van der Waals surface area (Å²) < 4.78 is 5.91. The molecular formula is C18H18ClN5O4. The molecule has 0 radical (unpaired) electrons. The molecule has 3 aromatic rings. The van der Waals surface area contributed by atoms with Crippen LogP contribution >= 0.6 is 11.6 Å². The zero-order valence-corrected chi connectivity index (χ0v) is 15.7. The van der Waals surface area contributed by atoms with Gasteiger partial charge >= 0.3 is 0 Å². The molecule has 10 heteroatoms. The molecule has 0 saturated heterocycles. The number of aromatic nitrogens is 4. The van der Waals surface area contributed by atoms with Crippen LogP contribution in [0.4, 0.5) is 0 Å². The van der Waals surface area contributed by atoms with E-state index in [9.17, 15) is 14.7 Å². The van der Waals surface area contributed by atoms with Crippen molar-refractivity contribution in [3.05, 3.63) is 63.7 Å². The van der Waals surface area contributed by atoms with Gasteiger partial charge in [0.2, 0.25) is 0 Å². The number of ether oxygens (including phenoxy) is 1. The minimum Gasteiger partial charge on any atom is -0.389 e. The first kappa shape index (κ1) is 19.7. The summed E-state index contributed by atoms with van der Waals surface area (Å²) in [7, 11) is 1.44. The molecule has 1 amide bonds. The van der Waals surface area contributed by atoms with Gasteiger partial charge in [-0.2, -0.15) is 14.9 Å². The van der Waals surface area contributed by atoms with Crippen molar-refractivity contribution in [2.24, 2.45) is 0 Å². The average molecular weight is 404 g/mol. The monoisotopic (exact) mass is 403 g/mol. The number of H-pyrrole nitrogens is 1. The number of carbonyl (C=O) groups excluding carboxylic acids is 1. The molecule has 0 saturated carbocycles. The zero-order chi connectivity index (χ0) is 20.1. The summed E-state index contributed by atoms with van der Waals surface area (Å²) in [4.78, 5) is 25.4. The number of rotatable bonds is 7. The molecule has 0 aliphatic rings. The number of aromatic amines is 1. The quantitative estimate of drug-likeness (QED) is 0.541. The molecular weight excluding hydrogens is 386 g/mol. The Hall–Kier alpha value is -3.01. The maximum atomic E-state index is 12.8. The Morgan fingerprint density at radius 3 is 2.79 bits per heavy atom. The van der Waals surface area contributed by atoms with Gasteiger partial charge in [0.05, 0.1) is 24.6 Å². The van der Waals surface area contributed by atoms with Crippen LogP contribution < -0.4 is 10.9 Å². The third-order valence-electron chi connectivity index (χ3n) is 3.88. The Bertz CT molecular complexity index is 1000. The smallest absolute Gasteiger partial charge is 0.284 e. The van der Waals surface area contributed by atoms with Gasteiger partial charge in [0.1, 0.15) is 11.3 Å². The predicted octanol–water partition coefficient (Wildman–Crippen LogP) is 1.01. The van der Waals surface area contributed by atoms with Crippen molar-refractivity contribution in [3.63, 3.8) is 0 Å². The average Bonchev–Trinajstić information content (AvgIpc) is 3.22. The van der Waals surface area contributed by atoms with Gasteiger partial charge in [-0.1, -0.05) is 23.7 Å². The molecule has 9 nitrogen and oxygen atoms in total. The molecule has 0 aliphatic heterocycles. The number of carbonyl (C=O) groups is 1. The van der Waals surface area contributed by atoms with Gasteiger partial charge < -0.3 is 15.2 Å². The van der Waals surface area contributed by atoms with E-state index in [0.29, 0.717) is 22.0 Å². The molecule has 0 spiro atoms. The van der Waals surface area contributed by atoms with Crippen molar-refractivity contribution in [1.29, 1.82) is 0 Å². The van der Waals surface area contributed by atoms with Crippen LogP contribution in [0.2, 0.25) is 5.02 Å². The molecule has 3 N–H and O–H groups in total. The molecule has 2 aromatic heterocycles. The second-order valence-corrected chi connectivity index (χ2v) is 6.38. The number of nitrogens with one attached hydrogen (secondary N) is 2. The Labute approximate surface area is 164 Å². The minimum absolute atomic E-state index is 0.0591. The van der Waals surface area contributed by atoms with Crippen LogP contribution in [0, 0.1) is 0 Å². The number of aliphatic hydroxyl groups excluding tert-OH is 1. The topological polar surface area (TPSA) is 122 Å². The van der Waals surface area contributed by atoms with Gasteiger partial charge in [-0.3, -0.25) is 14.7 Å². The van der Waals surface area contributed by atoms with E-state index in [1.54, 1.807) is 24.3 Å². The number of halogens is 1. The second kappa shape index (κ2) is 8.79. The Morgan fingerprint density at radius 1 is 1.39 bits per heavy atom. The standard InChI is InChI=1S/C18H18ClN5O4/c1-28-10-14(25)9-20-17(26)15-6-16(11-2-4-12(19)5-3-11)23-24(18(15)27)13-7-21-22-8-13/h2-8,14,25H,9-10H2,1H3,(H,20,26)(H,21,22). The number of aliphatic hydroxyl groups is 1. The van der Waals surface area contributed by atoms with Crippen LogP contribution in [-0.4, -0.2) is 57.4 Å². The fraction of sp³-hybridized carbons (Fsp3) is 0.222. The van der Waals surface area contributed by atoms with E-state index >= 15 is 0 Å². The van der Waals surface area contributed by atoms with E-state index in [1.807, 2.05) is 0 Å². The van der Waals surface area contributed by atoms with Crippen LogP contribution in [0.5, 0.6) is 0 Å². The normalized spacial score (nSPS) is 12.0. The van der Waals surface area contributed by atoms with Crippen molar-refractivity contribution in [2.45, 2.75) is 6.10 Å². The van der Waals surface area contributed by atoms with Crippen molar-refractivity contribution in [2.75, 3.05) is 20.3 Å². The van der Waals surface area contributed by atoms with Gasteiger partial charge in [0.15, 0.2) is 0 Å². The third kappa shape index (κ3) is 4.45. The third-order valence-corrected chi connectivity index (χ3v) is 4.13. The van der Waals surface area contributed by atoms with Gasteiger partial charge in [-0.05, 0) is 18.2 Å². The molecule has 146 valence electrons. The van der Waals surface area contributed by atoms with E-state index in [0.717, 1.165) is 4.68 Å². The first-order chi connectivity index (χ1) is 13.5. The van der Waals surface area contributed by atoms with Crippen LogP contribution in [-0.2, 0) is 4.74 Å². The summed E-state index contributed by atoms with van der Waals surface area (Å²) in [5, 5.41) is 23.6. The molecule has 0 aliphatic carbocycles. The first-order valence-corrected chi connectivity index (χ1v) is 8.72. The zero-order valence-electron chi connectivity index (χ0n) is 14.9. The maximum absolute atomic E-state index is 12.8. The lowest BCUT2D eigenvalue weighted by Crippen LogP contribution is -2.38. The van der Waals surface area contributed by atoms with E-state index in [1.165, 1.54) is 25.6 Å². The maximum Gasteiger partial charge on any atom is 0.284 e. The summed E-state index contributed by atoms with van der Waals surface area (Å²) in [5.41, 5.74) is 0.730. The molecule has 0 fully saturated rings. The number of hydrogen-bond acceptors (Lipinski definition) is 6. The van der Waals surface area contributed by atoms with Crippen LogP contribution in [0.3, 0.4) is 0 Å². The lowest BCUT2D eigenvalue weighted by atomic mass is 10.1. The lowest BCUT2D eigenvalue weighted by molar-refractivity contribution is 0.0609. The number of nitrogens with zero attached hydrogens (tertiary/aromatic N) is 3. The largest absolute Gasteiger partial charge is 0.389 e. The molecule has 1 unspecified atom stereocenters. The van der Waals surface area contributed by atoms with Crippen molar-refractivity contribution < 1.29 is 14.6 Å². The van der Waals surface area contributed by atoms with Gasteiger partial charge in [-0.25, -0.2) is 0 Å². The van der Waals surface area contributed by atoms with Crippen molar-refractivity contribution in [1.82, 2.24) is 25.3 Å². The Morgan fingerprint density at radius 2 is 2.14 bits per heavy atom. The SMILES string of the molecule is COCC(O)CNC(=O)c1cc(-c2ccc(Cl)cc2)nn(-c2cn[nH]c2)c1=O. The summed E-state index contributed by atoms with van der Waals surface area (Å²) in [6.45, 7) is 0.00231. The van der Waals surface area contributed by atoms with Gasteiger partial charge in [0.25, 0.3) is 11.5 Å². The van der Waals surface area contributed by atoms with Crippen molar-refractivity contribution >= 4 is 17.5 Å². The summed E-state index contributed by atoms with van der Waals surface area (Å²) >= 11 is 5.93. The fourth-order valence-electron chi connectivity index (χ4n) is 2.51. The summed E-state index contributed by atoms with van der Waals surface area (Å²) in [6, 6.07) is 8.25. The number of benzene rings is 1. The number of hydrogen-bond donors (Lipinski definition) is 3. The van der Waals surface area contributed by atoms with E-state index in [-0.39, 0.29) is 18.7 Å².